The molecule has 0 aliphatic carbocycles. The number of benzene rings is 2. The predicted molar refractivity (Wildman–Crippen MR) is 76.9 cm³/mol. The van der Waals surface area contributed by atoms with E-state index in [0.717, 1.165) is 0 Å². The van der Waals surface area contributed by atoms with Crippen LogP contribution in [0.25, 0.3) is 0 Å². The van der Waals surface area contributed by atoms with Crippen molar-refractivity contribution in [2.45, 2.75) is 0 Å². The normalized spacial score (nSPS) is 10.2. The second-order valence-corrected chi connectivity index (χ2v) is 4.39. The fourth-order valence-electron chi connectivity index (χ4n) is 1.71. The molecule has 20 heavy (non-hydrogen) atoms. The smallest absolute Gasteiger partial charge is 0.340 e. The second-order valence-electron chi connectivity index (χ2n) is 3.98. The van der Waals surface area contributed by atoms with Gasteiger partial charge < -0.3 is 15.8 Å². The molecule has 0 bridgehead atoms. The van der Waals surface area contributed by atoms with Crippen molar-refractivity contribution in [1.82, 2.24) is 0 Å². The molecule has 0 aromatic heterocycles. The number of nitrogens with two attached hydrogens (primary N) is 1. The molecule has 4 nitrogen and oxygen atoms in total. The predicted octanol–water partition coefficient (Wildman–Crippen LogP) is 3.59. The summed E-state index contributed by atoms with van der Waals surface area (Å²) in [5.41, 5.74) is 6.72. The first-order valence-corrected chi connectivity index (χ1v) is 6.10. The summed E-state index contributed by atoms with van der Waals surface area (Å²) < 4.78 is 18.3. The Morgan fingerprint density at radius 2 is 2.00 bits per heavy atom. The first-order valence-electron chi connectivity index (χ1n) is 5.72. The number of nitrogens with one attached hydrogen (secondary N) is 1. The van der Waals surface area contributed by atoms with E-state index < -0.39 is 11.8 Å². The van der Waals surface area contributed by atoms with Crippen molar-refractivity contribution in [1.29, 1.82) is 0 Å². The Labute approximate surface area is 120 Å². The van der Waals surface area contributed by atoms with Crippen LogP contribution in [-0.4, -0.2) is 13.1 Å². The molecule has 0 fully saturated rings. The molecule has 0 aliphatic rings. The topological polar surface area (TPSA) is 64.3 Å². The third-order valence-electron chi connectivity index (χ3n) is 2.73. The standard InChI is InChI=1S/C14H12ClFN2O2/c1-20-14(19)8-4-2-7-11(12(8)17)18-13-9(15)5-3-6-10(13)16/h2-7,18H,17H2,1H3. The lowest BCUT2D eigenvalue weighted by molar-refractivity contribution is 0.0602. The molecule has 0 radical (unpaired) electrons. The molecule has 3 N–H and O–H groups in total. The Kier molecular flexibility index (Phi) is 4.10. The summed E-state index contributed by atoms with van der Waals surface area (Å²) in [4.78, 5) is 11.5. The van der Waals surface area contributed by atoms with E-state index in [4.69, 9.17) is 17.3 Å². The summed E-state index contributed by atoms with van der Waals surface area (Å²) in [5.74, 6) is -1.08. The van der Waals surface area contributed by atoms with Gasteiger partial charge in [0.25, 0.3) is 0 Å². The number of rotatable bonds is 3. The number of carbonyl (C=O) groups excluding carboxylic acids is 1. The number of halogens is 2. The highest BCUT2D eigenvalue weighted by molar-refractivity contribution is 6.33. The van der Waals surface area contributed by atoms with Gasteiger partial charge in [0.1, 0.15) is 5.82 Å². The minimum atomic E-state index is -0.564. The average molecular weight is 295 g/mol. The molecule has 0 saturated carbocycles. The molecule has 0 unspecified atom stereocenters. The zero-order valence-corrected chi connectivity index (χ0v) is 11.4. The van der Waals surface area contributed by atoms with Gasteiger partial charge in [0.05, 0.1) is 34.8 Å². The van der Waals surface area contributed by atoms with Crippen molar-refractivity contribution < 1.29 is 13.9 Å². The van der Waals surface area contributed by atoms with Crippen LogP contribution >= 0.6 is 11.6 Å². The second kappa shape index (κ2) is 5.79. The number of hydrogen-bond donors (Lipinski definition) is 2. The van der Waals surface area contributed by atoms with E-state index in [0.29, 0.717) is 5.69 Å². The highest BCUT2D eigenvalue weighted by atomic mass is 35.5. The van der Waals surface area contributed by atoms with Gasteiger partial charge in [-0.05, 0) is 24.3 Å². The van der Waals surface area contributed by atoms with Crippen molar-refractivity contribution in [2.24, 2.45) is 0 Å². The zero-order valence-electron chi connectivity index (χ0n) is 10.6. The number of para-hydroxylation sites is 2. The minimum Gasteiger partial charge on any atom is -0.465 e. The van der Waals surface area contributed by atoms with Crippen molar-refractivity contribution in [2.75, 3.05) is 18.2 Å². The third-order valence-corrected chi connectivity index (χ3v) is 3.05. The van der Waals surface area contributed by atoms with Gasteiger partial charge in [0, 0.05) is 0 Å². The highest BCUT2D eigenvalue weighted by Crippen LogP contribution is 2.32. The van der Waals surface area contributed by atoms with Crippen LogP contribution in [0.2, 0.25) is 5.02 Å². The molecule has 2 aromatic rings. The maximum absolute atomic E-state index is 13.7. The number of anilines is 3. The van der Waals surface area contributed by atoms with Gasteiger partial charge in [-0.3, -0.25) is 0 Å². The van der Waals surface area contributed by atoms with Crippen LogP contribution in [0.4, 0.5) is 21.5 Å². The summed E-state index contributed by atoms with van der Waals surface area (Å²) in [6, 6.07) is 9.07. The molecular formula is C14H12ClFN2O2. The van der Waals surface area contributed by atoms with Crippen molar-refractivity contribution in [3.8, 4) is 0 Å². The number of hydrogen-bond acceptors (Lipinski definition) is 4. The Balaban J connectivity index is 2.42. The third kappa shape index (κ3) is 2.67. The van der Waals surface area contributed by atoms with E-state index in [1.807, 2.05) is 0 Å². The van der Waals surface area contributed by atoms with Gasteiger partial charge >= 0.3 is 5.97 Å². The van der Waals surface area contributed by atoms with Crippen molar-refractivity contribution in [3.63, 3.8) is 0 Å². The van der Waals surface area contributed by atoms with E-state index in [1.165, 1.54) is 25.3 Å². The van der Waals surface area contributed by atoms with E-state index >= 15 is 0 Å². The summed E-state index contributed by atoms with van der Waals surface area (Å²) in [6.07, 6.45) is 0. The largest absolute Gasteiger partial charge is 0.465 e. The van der Waals surface area contributed by atoms with E-state index in [2.05, 4.69) is 10.1 Å². The van der Waals surface area contributed by atoms with Gasteiger partial charge in [-0.2, -0.15) is 0 Å². The van der Waals surface area contributed by atoms with Crippen LogP contribution in [-0.2, 0) is 4.74 Å². The Hall–Kier alpha value is -2.27. The molecule has 0 heterocycles. The number of carbonyl (C=O) groups is 1. The maximum atomic E-state index is 13.7. The summed E-state index contributed by atoms with van der Waals surface area (Å²) in [7, 11) is 1.26. The average Bonchev–Trinajstić information content (AvgIpc) is 2.44. The molecular weight excluding hydrogens is 283 g/mol. The molecule has 0 spiro atoms. The lowest BCUT2D eigenvalue weighted by atomic mass is 10.1. The fraction of sp³-hybridized carbons (Fsp3) is 0.0714. The van der Waals surface area contributed by atoms with Gasteiger partial charge in [0.15, 0.2) is 0 Å². The Morgan fingerprint density at radius 3 is 2.65 bits per heavy atom. The van der Waals surface area contributed by atoms with Crippen molar-refractivity contribution >= 4 is 34.6 Å². The SMILES string of the molecule is COC(=O)c1cccc(Nc2c(F)cccc2Cl)c1N. The minimum absolute atomic E-state index is 0.0999. The summed E-state index contributed by atoms with van der Waals surface area (Å²) >= 11 is 5.93. The van der Waals surface area contributed by atoms with Crippen LogP contribution in [0.15, 0.2) is 36.4 Å². The van der Waals surface area contributed by atoms with E-state index in [1.54, 1.807) is 18.2 Å². The number of esters is 1. The molecule has 0 saturated heterocycles. The zero-order chi connectivity index (χ0) is 14.7. The fourth-order valence-corrected chi connectivity index (χ4v) is 1.92. The maximum Gasteiger partial charge on any atom is 0.340 e. The highest BCUT2D eigenvalue weighted by Gasteiger charge is 2.14. The molecule has 0 amide bonds. The summed E-state index contributed by atoms with van der Waals surface area (Å²) in [6.45, 7) is 0. The number of ether oxygens (including phenoxy) is 1. The lowest BCUT2D eigenvalue weighted by Gasteiger charge is -2.13. The number of nitrogen functional groups attached to an aromatic ring is 1. The quantitative estimate of drug-likeness (QED) is 0.671. The molecule has 6 heteroatoms. The molecule has 2 rings (SSSR count). The lowest BCUT2D eigenvalue weighted by Crippen LogP contribution is -2.08. The van der Waals surface area contributed by atoms with Crippen molar-refractivity contribution in [3.05, 3.63) is 52.8 Å². The van der Waals surface area contributed by atoms with Crippen LogP contribution in [0.1, 0.15) is 10.4 Å². The molecule has 2 aromatic carbocycles. The molecule has 0 atom stereocenters. The number of methoxy groups -OCH3 is 1. The van der Waals surface area contributed by atoms with Crippen LogP contribution < -0.4 is 11.1 Å². The van der Waals surface area contributed by atoms with Crippen LogP contribution in [0.3, 0.4) is 0 Å². The van der Waals surface area contributed by atoms with Gasteiger partial charge in [-0.15, -0.1) is 0 Å². The van der Waals surface area contributed by atoms with Gasteiger partial charge in [-0.1, -0.05) is 23.7 Å². The Morgan fingerprint density at radius 1 is 1.30 bits per heavy atom. The van der Waals surface area contributed by atoms with Gasteiger partial charge in [0.2, 0.25) is 0 Å². The molecule has 104 valence electrons. The van der Waals surface area contributed by atoms with E-state index in [9.17, 15) is 9.18 Å². The van der Waals surface area contributed by atoms with Crippen LogP contribution in [0, 0.1) is 5.82 Å². The monoisotopic (exact) mass is 294 g/mol. The Bertz CT molecular complexity index is 641. The first kappa shape index (κ1) is 14.1. The molecule has 0 aliphatic heterocycles. The van der Waals surface area contributed by atoms with Gasteiger partial charge in [-0.25, -0.2) is 9.18 Å². The first-order chi connectivity index (χ1) is 9.54. The van der Waals surface area contributed by atoms with E-state index in [-0.39, 0.29) is 22.0 Å². The summed E-state index contributed by atoms with van der Waals surface area (Å²) in [5, 5.41) is 3.00. The van der Waals surface area contributed by atoms with Crippen LogP contribution in [0.5, 0.6) is 0 Å².